The van der Waals surface area contributed by atoms with Gasteiger partial charge in [0.25, 0.3) is 0 Å². The molecule has 4 aromatic rings. The summed E-state index contributed by atoms with van der Waals surface area (Å²) < 4.78 is 5.84. The number of hydrogen-bond donors (Lipinski definition) is 0. The van der Waals surface area contributed by atoms with Gasteiger partial charge in [-0.05, 0) is 22.8 Å². The molecule has 0 N–H and O–H groups in total. The van der Waals surface area contributed by atoms with Gasteiger partial charge in [0.1, 0.15) is 0 Å². The molecule has 0 fully saturated rings. The van der Waals surface area contributed by atoms with Gasteiger partial charge >= 0.3 is 0 Å². The van der Waals surface area contributed by atoms with Gasteiger partial charge < -0.3 is 4.42 Å². The lowest BCUT2D eigenvalue weighted by Gasteiger charge is -2.02. The first-order chi connectivity index (χ1) is 12.4. The fraction of sp³-hybridized carbons (Fsp3) is 0. The predicted molar refractivity (Wildman–Crippen MR) is 103 cm³/mol. The van der Waals surface area contributed by atoms with Crippen molar-refractivity contribution in [1.29, 1.82) is 0 Å². The fourth-order valence-electron chi connectivity index (χ4n) is 2.69. The zero-order chi connectivity index (χ0) is 16.9. The minimum atomic E-state index is 0.603. The van der Waals surface area contributed by atoms with Crippen LogP contribution in [0.3, 0.4) is 0 Å². The molecule has 1 heterocycles. The number of hydrogen-bond acceptors (Lipinski definition) is 2. The smallest absolute Gasteiger partial charge is 0.219 e. The second kappa shape index (κ2) is 7.02. The molecule has 0 amide bonds. The van der Waals surface area contributed by atoms with Crippen LogP contribution < -0.4 is 0 Å². The van der Waals surface area contributed by atoms with Crippen LogP contribution in [0.4, 0.5) is 0 Å². The van der Waals surface area contributed by atoms with E-state index in [-0.39, 0.29) is 0 Å². The van der Waals surface area contributed by atoms with Crippen molar-refractivity contribution in [2.45, 2.75) is 0 Å². The van der Waals surface area contributed by atoms with Gasteiger partial charge in [0.15, 0.2) is 5.76 Å². The summed E-state index contributed by atoms with van der Waals surface area (Å²) in [6.45, 7) is 0. The lowest BCUT2D eigenvalue weighted by atomic mass is 10.0. The van der Waals surface area contributed by atoms with Crippen molar-refractivity contribution in [3.8, 4) is 22.5 Å². The zero-order valence-electron chi connectivity index (χ0n) is 13.7. The summed E-state index contributed by atoms with van der Waals surface area (Å²) in [5, 5.41) is 0. The maximum atomic E-state index is 5.84. The molecule has 4 rings (SSSR count). The second-order valence-electron chi connectivity index (χ2n) is 5.75. The number of aromatic nitrogens is 1. The van der Waals surface area contributed by atoms with E-state index in [0.717, 1.165) is 16.9 Å². The van der Waals surface area contributed by atoms with E-state index in [9.17, 15) is 0 Å². The summed E-state index contributed by atoms with van der Waals surface area (Å²) >= 11 is 0. The monoisotopic (exact) mass is 323 g/mol. The second-order valence-corrected chi connectivity index (χ2v) is 5.75. The molecule has 120 valence electrons. The maximum Gasteiger partial charge on any atom is 0.219 e. The molecule has 0 atom stereocenters. The van der Waals surface area contributed by atoms with E-state index in [1.54, 1.807) is 6.20 Å². The van der Waals surface area contributed by atoms with Gasteiger partial charge in [-0.15, -0.1) is 0 Å². The number of rotatable bonds is 4. The lowest BCUT2D eigenvalue weighted by molar-refractivity contribution is 0.560. The third-order valence-corrected chi connectivity index (χ3v) is 4.02. The SMILES string of the molecule is C(=Cc1ncc(-c2ccc(-c3ccccc3)cc2)o1)c1ccccc1. The molecule has 3 aromatic carbocycles. The molecule has 2 nitrogen and oxygen atoms in total. The van der Waals surface area contributed by atoms with E-state index in [1.165, 1.54) is 11.1 Å². The van der Waals surface area contributed by atoms with Gasteiger partial charge in [-0.1, -0.05) is 84.9 Å². The third kappa shape index (κ3) is 3.59. The molecule has 25 heavy (non-hydrogen) atoms. The Morgan fingerprint density at radius 2 is 1.20 bits per heavy atom. The summed E-state index contributed by atoms with van der Waals surface area (Å²) in [6.07, 6.45) is 5.65. The van der Waals surface area contributed by atoms with Crippen LogP contribution in [0, 0.1) is 0 Å². The molecule has 0 unspecified atom stereocenters. The third-order valence-electron chi connectivity index (χ3n) is 4.02. The van der Waals surface area contributed by atoms with E-state index in [0.29, 0.717) is 5.89 Å². The molecule has 0 bridgehead atoms. The first-order valence-electron chi connectivity index (χ1n) is 8.23. The fourth-order valence-corrected chi connectivity index (χ4v) is 2.69. The van der Waals surface area contributed by atoms with Crippen molar-refractivity contribution < 1.29 is 4.42 Å². The summed E-state index contributed by atoms with van der Waals surface area (Å²) in [5.74, 6) is 1.37. The zero-order valence-corrected chi connectivity index (χ0v) is 13.7. The van der Waals surface area contributed by atoms with E-state index in [1.807, 2.05) is 60.7 Å². The van der Waals surface area contributed by atoms with Gasteiger partial charge in [0, 0.05) is 11.6 Å². The molecular weight excluding hydrogens is 306 g/mol. The van der Waals surface area contributed by atoms with Gasteiger partial charge in [-0.2, -0.15) is 0 Å². The largest absolute Gasteiger partial charge is 0.437 e. The molecule has 0 saturated heterocycles. The molecule has 0 aliphatic heterocycles. The molecule has 0 spiro atoms. The molecule has 0 aliphatic carbocycles. The molecule has 0 aliphatic rings. The van der Waals surface area contributed by atoms with Crippen molar-refractivity contribution in [2.75, 3.05) is 0 Å². The molecule has 2 heteroatoms. The Bertz CT molecular complexity index is 968. The lowest BCUT2D eigenvalue weighted by Crippen LogP contribution is -1.78. The van der Waals surface area contributed by atoms with Crippen LogP contribution in [0.15, 0.2) is 95.5 Å². The topological polar surface area (TPSA) is 26.0 Å². The summed E-state index contributed by atoms with van der Waals surface area (Å²) in [5.41, 5.74) is 4.53. The average molecular weight is 323 g/mol. The molecule has 0 saturated carbocycles. The molecule has 1 aromatic heterocycles. The highest BCUT2D eigenvalue weighted by Gasteiger charge is 2.05. The molecular formula is C23H17NO. The maximum absolute atomic E-state index is 5.84. The van der Waals surface area contributed by atoms with Crippen molar-refractivity contribution in [2.24, 2.45) is 0 Å². The highest BCUT2D eigenvalue weighted by Crippen LogP contribution is 2.25. The van der Waals surface area contributed by atoms with Gasteiger partial charge in [0.2, 0.25) is 5.89 Å². The Kier molecular flexibility index (Phi) is 4.25. The van der Waals surface area contributed by atoms with Gasteiger partial charge in [0.05, 0.1) is 6.20 Å². The first-order valence-corrected chi connectivity index (χ1v) is 8.23. The quantitative estimate of drug-likeness (QED) is 0.448. The molecule has 0 radical (unpaired) electrons. The minimum absolute atomic E-state index is 0.603. The Balaban J connectivity index is 1.53. The van der Waals surface area contributed by atoms with E-state index >= 15 is 0 Å². The van der Waals surface area contributed by atoms with Crippen LogP contribution in [-0.2, 0) is 0 Å². The van der Waals surface area contributed by atoms with E-state index < -0.39 is 0 Å². The standard InChI is InChI=1S/C23H17NO/c1-3-7-18(8-4-1)11-16-23-24-17-22(25-23)21-14-12-20(13-15-21)19-9-5-2-6-10-19/h1-17H. The van der Waals surface area contributed by atoms with Gasteiger partial charge in [-0.3, -0.25) is 0 Å². The highest BCUT2D eigenvalue weighted by atomic mass is 16.4. The predicted octanol–water partition coefficient (Wildman–Crippen LogP) is 6.18. The van der Waals surface area contributed by atoms with Crippen LogP contribution in [-0.4, -0.2) is 4.98 Å². The first kappa shape index (κ1) is 15.2. The Morgan fingerprint density at radius 3 is 1.92 bits per heavy atom. The van der Waals surface area contributed by atoms with Crippen molar-refractivity contribution in [1.82, 2.24) is 4.98 Å². The van der Waals surface area contributed by atoms with Crippen LogP contribution in [0.2, 0.25) is 0 Å². The van der Waals surface area contributed by atoms with Crippen molar-refractivity contribution in [3.63, 3.8) is 0 Å². The Labute approximate surface area is 147 Å². The van der Waals surface area contributed by atoms with Crippen LogP contribution in [0.25, 0.3) is 34.6 Å². The van der Waals surface area contributed by atoms with Crippen molar-refractivity contribution in [3.05, 3.63) is 103 Å². The minimum Gasteiger partial charge on any atom is -0.437 e. The van der Waals surface area contributed by atoms with E-state index in [2.05, 4.69) is 41.4 Å². The summed E-state index contributed by atoms with van der Waals surface area (Å²) in [7, 11) is 0. The normalized spacial score (nSPS) is 11.0. The van der Waals surface area contributed by atoms with Gasteiger partial charge in [-0.25, -0.2) is 4.98 Å². The average Bonchev–Trinajstić information content (AvgIpc) is 3.17. The number of benzene rings is 3. The number of nitrogens with zero attached hydrogens (tertiary/aromatic N) is 1. The summed E-state index contributed by atoms with van der Waals surface area (Å²) in [6, 6.07) is 28.8. The number of oxazole rings is 1. The highest BCUT2D eigenvalue weighted by molar-refractivity contribution is 5.69. The van der Waals surface area contributed by atoms with Crippen LogP contribution in [0.5, 0.6) is 0 Å². The Hall–Kier alpha value is -3.39. The summed E-state index contributed by atoms with van der Waals surface area (Å²) in [4.78, 5) is 4.33. The van der Waals surface area contributed by atoms with Crippen LogP contribution >= 0.6 is 0 Å². The van der Waals surface area contributed by atoms with Crippen LogP contribution in [0.1, 0.15) is 11.5 Å². The van der Waals surface area contributed by atoms with Crippen molar-refractivity contribution >= 4 is 12.2 Å². The Morgan fingerprint density at radius 1 is 0.600 bits per heavy atom. The van der Waals surface area contributed by atoms with E-state index in [4.69, 9.17) is 4.42 Å².